The highest BCUT2D eigenvalue weighted by Gasteiger charge is 2.14. The highest BCUT2D eigenvalue weighted by atomic mass is 16.5. The number of hydrogen-bond donors (Lipinski definition) is 1. The van der Waals surface area contributed by atoms with Gasteiger partial charge in [-0.3, -0.25) is 4.98 Å². The van der Waals surface area contributed by atoms with Gasteiger partial charge >= 0.3 is 0 Å². The van der Waals surface area contributed by atoms with E-state index in [4.69, 9.17) is 14.4 Å². The van der Waals surface area contributed by atoms with Crippen molar-refractivity contribution in [3.63, 3.8) is 0 Å². The maximum Gasteiger partial charge on any atom is 0.258 e. The van der Waals surface area contributed by atoms with Crippen molar-refractivity contribution in [1.82, 2.24) is 15.1 Å². The second-order valence-corrected chi connectivity index (χ2v) is 7.41. The van der Waals surface area contributed by atoms with Crippen LogP contribution in [0.4, 0.5) is 0 Å². The van der Waals surface area contributed by atoms with E-state index < -0.39 is 0 Å². The van der Waals surface area contributed by atoms with Crippen molar-refractivity contribution in [2.75, 3.05) is 13.7 Å². The minimum atomic E-state index is 0.158. The van der Waals surface area contributed by atoms with E-state index in [1.165, 1.54) is 11.1 Å². The van der Waals surface area contributed by atoms with Gasteiger partial charge in [-0.1, -0.05) is 35.5 Å². The number of nitrogens with zero attached hydrogens (tertiary/aromatic N) is 3. The highest BCUT2D eigenvalue weighted by Crippen LogP contribution is 2.31. The van der Waals surface area contributed by atoms with Crippen LogP contribution in [-0.2, 0) is 17.8 Å². The summed E-state index contributed by atoms with van der Waals surface area (Å²) in [7, 11) is 1.69. The van der Waals surface area contributed by atoms with Crippen LogP contribution in [-0.4, -0.2) is 33.9 Å². The van der Waals surface area contributed by atoms with Crippen LogP contribution in [0.1, 0.15) is 23.2 Å². The Kier molecular flexibility index (Phi) is 6.50. The molecule has 0 fully saturated rings. The quantitative estimate of drug-likeness (QED) is 0.443. The molecule has 31 heavy (non-hydrogen) atoms. The maximum atomic E-state index is 8.95. The number of hydrogen-bond acceptors (Lipinski definition) is 6. The lowest BCUT2D eigenvalue weighted by Gasteiger charge is -2.12. The molecule has 2 aromatic heterocycles. The van der Waals surface area contributed by atoms with Crippen LogP contribution < -0.4 is 0 Å². The van der Waals surface area contributed by atoms with Gasteiger partial charge in [0, 0.05) is 36.7 Å². The fourth-order valence-corrected chi connectivity index (χ4v) is 3.56. The molecule has 6 heteroatoms. The Balaban J connectivity index is 1.62. The van der Waals surface area contributed by atoms with Gasteiger partial charge in [0.25, 0.3) is 5.89 Å². The summed E-state index contributed by atoms with van der Waals surface area (Å²) < 4.78 is 11.0. The van der Waals surface area contributed by atoms with Gasteiger partial charge < -0.3 is 14.4 Å². The van der Waals surface area contributed by atoms with Crippen molar-refractivity contribution >= 4 is 0 Å². The lowest BCUT2D eigenvalue weighted by atomic mass is 9.94. The molecule has 2 aromatic carbocycles. The summed E-state index contributed by atoms with van der Waals surface area (Å²) in [6.45, 7) is 2.75. The standard InChI is InChI=1S/C25H25N3O3/c1-17-6-3-4-8-22(17)23-12-10-18(14-20(23)16-30-2)25-27-24(28-31-25)19-9-11-21(26-15-19)7-5-13-29/h3-4,6,8-12,14-15,29H,5,7,13,16H2,1-2H3. The summed E-state index contributed by atoms with van der Waals surface area (Å²) in [5.74, 6) is 0.945. The van der Waals surface area contributed by atoms with E-state index in [0.717, 1.165) is 34.4 Å². The van der Waals surface area contributed by atoms with E-state index in [-0.39, 0.29) is 6.61 Å². The molecule has 1 N–H and O–H groups in total. The normalized spacial score (nSPS) is 11.1. The molecule has 0 radical (unpaired) electrons. The van der Waals surface area contributed by atoms with Crippen LogP contribution in [0.25, 0.3) is 34.0 Å². The van der Waals surface area contributed by atoms with Crippen molar-refractivity contribution in [2.45, 2.75) is 26.4 Å². The molecule has 0 bridgehead atoms. The average molecular weight is 415 g/mol. The fourth-order valence-electron chi connectivity index (χ4n) is 3.56. The molecule has 0 spiro atoms. The number of aromatic nitrogens is 3. The molecule has 4 aromatic rings. The Morgan fingerprint density at radius 3 is 2.58 bits per heavy atom. The van der Waals surface area contributed by atoms with Crippen LogP contribution in [0, 0.1) is 6.92 Å². The summed E-state index contributed by atoms with van der Waals surface area (Å²) in [6.07, 6.45) is 3.17. The van der Waals surface area contributed by atoms with Gasteiger partial charge in [-0.2, -0.15) is 4.98 Å². The number of aliphatic hydroxyl groups is 1. The minimum Gasteiger partial charge on any atom is -0.396 e. The van der Waals surface area contributed by atoms with Crippen LogP contribution in [0.5, 0.6) is 0 Å². The van der Waals surface area contributed by atoms with Gasteiger partial charge in [-0.15, -0.1) is 0 Å². The third kappa shape index (κ3) is 4.71. The van der Waals surface area contributed by atoms with Gasteiger partial charge in [0.1, 0.15) is 0 Å². The third-order valence-corrected chi connectivity index (χ3v) is 5.19. The van der Waals surface area contributed by atoms with Crippen molar-refractivity contribution in [2.24, 2.45) is 0 Å². The first-order chi connectivity index (χ1) is 15.2. The summed E-state index contributed by atoms with van der Waals surface area (Å²) >= 11 is 0. The molecule has 4 rings (SSSR count). The van der Waals surface area contributed by atoms with E-state index >= 15 is 0 Å². The second kappa shape index (κ2) is 9.64. The minimum absolute atomic E-state index is 0.158. The number of pyridine rings is 1. The van der Waals surface area contributed by atoms with Gasteiger partial charge in [0.05, 0.1) is 6.61 Å². The zero-order chi connectivity index (χ0) is 21.6. The summed E-state index contributed by atoms with van der Waals surface area (Å²) in [4.78, 5) is 8.98. The Labute approximate surface area is 181 Å². The smallest absolute Gasteiger partial charge is 0.258 e. The summed E-state index contributed by atoms with van der Waals surface area (Å²) in [5, 5.41) is 13.1. The van der Waals surface area contributed by atoms with Gasteiger partial charge in [-0.25, -0.2) is 0 Å². The van der Waals surface area contributed by atoms with E-state index in [2.05, 4.69) is 40.2 Å². The van der Waals surface area contributed by atoms with Crippen LogP contribution in [0.2, 0.25) is 0 Å². The molecule has 0 aliphatic rings. The highest BCUT2D eigenvalue weighted by molar-refractivity contribution is 5.74. The largest absolute Gasteiger partial charge is 0.396 e. The average Bonchev–Trinajstić information content (AvgIpc) is 3.29. The SMILES string of the molecule is COCc1cc(-c2nc(-c3ccc(CCCO)nc3)no2)ccc1-c1ccccc1C. The molecule has 0 atom stereocenters. The lowest BCUT2D eigenvalue weighted by molar-refractivity contribution is 0.185. The molecule has 6 nitrogen and oxygen atoms in total. The monoisotopic (exact) mass is 415 g/mol. The zero-order valence-electron chi connectivity index (χ0n) is 17.7. The topological polar surface area (TPSA) is 81.3 Å². The number of aryl methyl sites for hydroxylation is 2. The molecule has 0 unspecified atom stereocenters. The first-order valence-electron chi connectivity index (χ1n) is 10.3. The number of rotatable bonds is 8. The fraction of sp³-hybridized carbons (Fsp3) is 0.240. The van der Waals surface area contributed by atoms with Crippen molar-refractivity contribution < 1.29 is 14.4 Å². The Morgan fingerprint density at radius 1 is 1.00 bits per heavy atom. The molecular weight excluding hydrogens is 390 g/mol. The molecule has 0 saturated heterocycles. The predicted molar refractivity (Wildman–Crippen MR) is 119 cm³/mol. The predicted octanol–water partition coefficient (Wildman–Crippen LogP) is 4.85. The first-order valence-corrected chi connectivity index (χ1v) is 10.3. The Bertz CT molecular complexity index is 1150. The Hall–Kier alpha value is -3.35. The number of benzene rings is 2. The third-order valence-electron chi connectivity index (χ3n) is 5.19. The second-order valence-electron chi connectivity index (χ2n) is 7.41. The molecule has 0 aliphatic carbocycles. The number of ether oxygens (including phenoxy) is 1. The van der Waals surface area contributed by atoms with Crippen LogP contribution in [0.3, 0.4) is 0 Å². The van der Waals surface area contributed by atoms with Crippen LogP contribution >= 0.6 is 0 Å². The molecule has 2 heterocycles. The molecule has 158 valence electrons. The molecule has 0 saturated carbocycles. The first kappa shape index (κ1) is 20.9. The summed E-state index contributed by atoms with van der Waals surface area (Å²) in [6, 6.07) is 18.3. The van der Waals surface area contributed by atoms with Crippen molar-refractivity contribution in [3.05, 3.63) is 77.6 Å². The van der Waals surface area contributed by atoms with E-state index in [0.29, 0.717) is 24.7 Å². The van der Waals surface area contributed by atoms with Gasteiger partial charge in [0.2, 0.25) is 5.82 Å². The Morgan fingerprint density at radius 2 is 1.84 bits per heavy atom. The van der Waals surface area contributed by atoms with E-state index in [1.807, 2.05) is 36.4 Å². The maximum absolute atomic E-state index is 8.95. The van der Waals surface area contributed by atoms with E-state index in [9.17, 15) is 0 Å². The van der Waals surface area contributed by atoms with Crippen LogP contribution in [0.15, 0.2) is 65.3 Å². The van der Waals surface area contributed by atoms with Crippen molar-refractivity contribution in [1.29, 1.82) is 0 Å². The zero-order valence-corrected chi connectivity index (χ0v) is 17.7. The molecule has 0 amide bonds. The number of aliphatic hydroxyl groups excluding tert-OH is 1. The van der Waals surface area contributed by atoms with Crippen molar-refractivity contribution in [3.8, 4) is 34.0 Å². The molecule has 0 aliphatic heterocycles. The number of methoxy groups -OCH3 is 1. The van der Waals surface area contributed by atoms with Gasteiger partial charge in [0.15, 0.2) is 0 Å². The molecular formula is C25H25N3O3. The van der Waals surface area contributed by atoms with Gasteiger partial charge in [-0.05, 0) is 66.3 Å². The lowest BCUT2D eigenvalue weighted by Crippen LogP contribution is -1.95. The van der Waals surface area contributed by atoms with E-state index in [1.54, 1.807) is 13.3 Å². The summed E-state index contributed by atoms with van der Waals surface area (Å²) in [5.41, 5.74) is 7.14.